The van der Waals surface area contributed by atoms with Crippen molar-refractivity contribution in [2.24, 2.45) is 0 Å². The van der Waals surface area contributed by atoms with Crippen LogP contribution < -0.4 is 0 Å². The fourth-order valence-electron chi connectivity index (χ4n) is 4.92. The van der Waals surface area contributed by atoms with Gasteiger partial charge in [-0.1, -0.05) is 43.2 Å². The van der Waals surface area contributed by atoms with Crippen LogP contribution >= 0.6 is 11.3 Å². The Morgan fingerprint density at radius 2 is 1.79 bits per heavy atom. The normalized spacial score (nSPS) is 25.1. The summed E-state index contributed by atoms with van der Waals surface area (Å²) in [6, 6.07) is 14.5. The predicted molar refractivity (Wildman–Crippen MR) is 113 cm³/mol. The van der Waals surface area contributed by atoms with Gasteiger partial charge in [-0.05, 0) is 37.5 Å². The van der Waals surface area contributed by atoms with Crippen molar-refractivity contribution in [1.29, 1.82) is 0 Å². The number of fused-ring (bicyclic) bond motifs is 1. The molecule has 2 amide bonds. The highest BCUT2D eigenvalue weighted by atomic mass is 32.1. The monoisotopic (exact) mass is 396 g/mol. The molecule has 1 aromatic carbocycles. The Kier molecular flexibility index (Phi) is 5.54. The van der Waals surface area contributed by atoms with Crippen molar-refractivity contribution in [3.05, 3.63) is 57.8 Å². The first-order chi connectivity index (χ1) is 13.6. The molecule has 2 aliphatic heterocycles. The molecule has 2 aromatic rings. The minimum atomic E-state index is 0.0604. The number of rotatable bonds is 2. The average molecular weight is 397 g/mol. The largest absolute Gasteiger partial charge is 0.337 e. The Morgan fingerprint density at radius 3 is 2.46 bits per heavy atom. The van der Waals surface area contributed by atoms with Crippen LogP contribution in [0.5, 0.6) is 0 Å². The lowest BCUT2D eigenvalue weighted by molar-refractivity contribution is -0.132. The van der Waals surface area contributed by atoms with Gasteiger partial charge in [-0.3, -0.25) is 9.59 Å². The molecule has 4 nitrogen and oxygen atoms in total. The molecule has 0 bridgehead atoms. The standard InChI is InChI=1S/C23H28N2O2S/c1-16-12-13-21(28-16)23(27)25-15-19(18-9-5-3-6-10-18)22-20(25)11-7-4-8-14-24(22)17(2)26/h3,5-6,9-10,12-13,19-20,22H,4,7-8,11,14-15H2,1-2H3/t19-,20+,22-/m0/s1. The van der Waals surface area contributed by atoms with Crippen LogP contribution in [0.4, 0.5) is 0 Å². The Labute approximate surface area is 171 Å². The van der Waals surface area contributed by atoms with Gasteiger partial charge in [0.25, 0.3) is 5.91 Å². The summed E-state index contributed by atoms with van der Waals surface area (Å²) >= 11 is 1.56. The van der Waals surface area contributed by atoms with Gasteiger partial charge in [0, 0.05) is 30.8 Å². The molecular weight excluding hydrogens is 368 g/mol. The van der Waals surface area contributed by atoms with E-state index in [4.69, 9.17) is 0 Å². The van der Waals surface area contributed by atoms with Gasteiger partial charge in [0.1, 0.15) is 0 Å². The highest BCUT2D eigenvalue weighted by Crippen LogP contribution is 2.40. The van der Waals surface area contributed by atoms with Crippen molar-refractivity contribution in [1.82, 2.24) is 9.80 Å². The van der Waals surface area contributed by atoms with E-state index in [9.17, 15) is 9.59 Å². The molecule has 28 heavy (non-hydrogen) atoms. The van der Waals surface area contributed by atoms with Crippen molar-refractivity contribution < 1.29 is 9.59 Å². The number of thiophene rings is 1. The van der Waals surface area contributed by atoms with Gasteiger partial charge in [0.15, 0.2) is 0 Å². The van der Waals surface area contributed by atoms with E-state index in [0.717, 1.165) is 42.0 Å². The summed E-state index contributed by atoms with van der Waals surface area (Å²) in [4.78, 5) is 32.0. The van der Waals surface area contributed by atoms with Gasteiger partial charge < -0.3 is 9.80 Å². The molecule has 0 radical (unpaired) electrons. The molecule has 2 fully saturated rings. The second-order valence-electron chi connectivity index (χ2n) is 8.00. The van der Waals surface area contributed by atoms with Crippen molar-refractivity contribution in [3.8, 4) is 0 Å². The van der Waals surface area contributed by atoms with Crippen LogP contribution in [0.3, 0.4) is 0 Å². The number of likely N-dealkylation sites (tertiary alicyclic amines) is 2. The van der Waals surface area contributed by atoms with Crippen LogP contribution in [-0.2, 0) is 4.79 Å². The summed E-state index contributed by atoms with van der Waals surface area (Å²) < 4.78 is 0. The van der Waals surface area contributed by atoms with E-state index in [1.165, 1.54) is 5.56 Å². The van der Waals surface area contributed by atoms with Gasteiger partial charge >= 0.3 is 0 Å². The summed E-state index contributed by atoms with van der Waals surface area (Å²) in [5, 5.41) is 0. The molecule has 0 N–H and O–H groups in total. The molecule has 2 saturated heterocycles. The zero-order valence-corrected chi connectivity index (χ0v) is 17.5. The van der Waals surface area contributed by atoms with Crippen molar-refractivity contribution in [3.63, 3.8) is 0 Å². The number of nitrogens with zero attached hydrogens (tertiary/aromatic N) is 2. The van der Waals surface area contributed by atoms with Crippen molar-refractivity contribution >= 4 is 23.2 Å². The summed E-state index contributed by atoms with van der Waals surface area (Å²) in [5.74, 6) is 0.410. The van der Waals surface area contributed by atoms with E-state index in [1.807, 2.05) is 25.1 Å². The lowest BCUT2D eigenvalue weighted by Crippen LogP contribution is -2.51. The van der Waals surface area contributed by atoms with E-state index in [2.05, 4.69) is 34.1 Å². The maximum absolute atomic E-state index is 13.4. The SMILES string of the molecule is CC(=O)N1CCCCC[C@@H]2[C@@H]1[C@H](c1ccccc1)CN2C(=O)c1ccc(C)s1. The number of amides is 2. The molecule has 3 atom stereocenters. The zero-order valence-electron chi connectivity index (χ0n) is 16.6. The number of aryl methyl sites for hydroxylation is 1. The Hall–Kier alpha value is -2.14. The lowest BCUT2D eigenvalue weighted by Gasteiger charge is -2.38. The maximum atomic E-state index is 13.4. The smallest absolute Gasteiger partial charge is 0.264 e. The molecule has 0 spiro atoms. The third-order valence-electron chi connectivity index (χ3n) is 6.20. The third kappa shape index (κ3) is 3.60. The minimum Gasteiger partial charge on any atom is -0.337 e. The van der Waals surface area contributed by atoms with Gasteiger partial charge in [-0.15, -0.1) is 11.3 Å². The van der Waals surface area contributed by atoms with Gasteiger partial charge in [-0.25, -0.2) is 0 Å². The molecule has 1 aromatic heterocycles. The van der Waals surface area contributed by atoms with E-state index in [0.29, 0.717) is 6.54 Å². The van der Waals surface area contributed by atoms with Crippen LogP contribution in [0.25, 0.3) is 0 Å². The molecular formula is C23H28N2O2S. The van der Waals surface area contributed by atoms with Crippen LogP contribution in [-0.4, -0.2) is 46.8 Å². The summed E-state index contributed by atoms with van der Waals surface area (Å²) in [6.07, 6.45) is 4.24. The second-order valence-corrected chi connectivity index (χ2v) is 9.29. The average Bonchev–Trinajstić information content (AvgIpc) is 3.25. The highest BCUT2D eigenvalue weighted by molar-refractivity contribution is 7.13. The molecule has 148 valence electrons. The number of carbonyl (C=O) groups excluding carboxylic acids is 2. The van der Waals surface area contributed by atoms with Gasteiger partial charge in [-0.2, -0.15) is 0 Å². The first kappa shape index (κ1) is 19.2. The van der Waals surface area contributed by atoms with Crippen LogP contribution in [0.2, 0.25) is 0 Å². The molecule has 0 aliphatic carbocycles. The summed E-state index contributed by atoms with van der Waals surface area (Å²) in [7, 11) is 0. The zero-order chi connectivity index (χ0) is 19.7. The Bertz CT molecular complexity index is 847. The van der Waals surface area contributed by atoms with E-state index < -0.39 is 0 Å². The molecule has 5 heteroatoms. The Morgan fingerprint density at radius 1 is 1.00 bits per heavy atom. The number of hydrogen-bond donors (Lipinski definition) is 0. The molecule has 0 unspecified atom stereocenters. The Balaban J connectivity index is 1.74. The number of hydrogen-bond acceptors (Lipinski definition) is 3. The third-order valence-corrected chi connectivity index (χ3v) is 7.19. The van der Waals surface area contributed by atoms with E-state index in [-0.39, 0.29) is 29.8 Å². The van der Waals surface area contributed by atoms with Crippen molar-refractivity contribution in [2.75, 3.05) is 13.1 Å². The minimum absolute atomic E-state index is 0.0604. The van der Waals surface area contributed by atoms with Crippen molar-refractivity contribution in [2.45, 2.75) is 57.5 Å². The molecule has 4 rings (SSSR count). The first-order valence-electron chi connectivity index (χ1n) is 10.3. The van der Waals surface area contributed by atoms with E-state index in [1.54, 1.807) is 18.3 Å². The summed E-state index contributed by atoms with van der Waals surface area (Å²) in [6.45, 7) is 5.18. The van der Waals surface area contributed by atoms with E-state index >= 15 is 0 Å². The predicted octanol–water partition coefficient (Wildman–Crippen LogP) is 4.46. The van der Waals surface area contributed by atoms with Crippen LogP contribution in [0.15, 0.2) is 42.5 Å². The first-order valence-corrected chi connectivity index (χ1v) is 11.1. The topological polar surface area (TPSA) is 40.6 Å². The molecule has 3 heterocycles. The molecule has 0 saturated carbocycles. The van der Waals surface area contributed by atoms with Crippen LogP contribution in [0, 0.1) is 6.92 Å². The molecule has 2 aliphatic rings. The second kappa shape index (κ2) is 8.08. The van der Waals surface area contributed by atoms with Gasteiger partial charge in [0.2, 0.25) is 5.91 Å². The van der Waals surface area contributed by atoms with Gasteiger partial charge in [0.05, 0.1) is 17.0 Å². The lowest BCUT2D eigenvalue weighted by atomic mass is 9.87. The fraction of sp³-hybridized carbons (Fsp3) is 0.478. The number of carbonyl (C=O) groups is 2. The quantitative estimate of drug-likeness (QED) is 0.752. The maximum Gasteiger partial charge on any atom is 0.264 e. The summed E-state index contributed by atoms with van der Waals surface area (Å²) in [5.41, 5.74) is 1.22. The van der Waals surface area contributed by atoms with Crippen LogP contribution in [0.1, 0.15) is 58.6 Å². The highest BCUT2D eigenvalue weighted by Gasteiger charge is 2.48. The number of benzene rings is 1. The fourth-order valence-corrected chi connectivity index (χ4v) is 5.74.